The van der Waals surface area contributed by atoms with Crippen molar-refractivity contribution in [1.82, 2.24) is 9.29 Å². The van der Waals surface area contributed by atoms with E-state index in [0.29, 0.717) is 29.9 Å². The third-order valence-corrected chi connectivity index (χ3v) is 8.00. The molecule has 32 heavy (non-hydrogen) atoms. The predicted molar refractivity (Wildman–Crippen MR) is 119 cm³/mol. The minimum Gasteiger partial charge on any atom is -0.298 e. The van der Waals surface area contributed by atoms with Gasteiger partial charge in [-0.15, -0.1) is 11.3 Å². The summed E-state index contributed by atoms with van der Waals surface area (Å²) < 4.78 is 54.0. The van der Waals surface area contributed by atoms with Gasteiger partial charge >= 0.3 is 0 Å². The molecule has 1 aliphatic rings. The highest BCUT2D eigenvalue weighted by Crippen LogP contribution is 2.27. The Labute approximate surface area is 189 Å². The molecule has 1 aromatic heterocycles. The smallest absolute Gasteiger partial charge is 0.257 e. The minimum atomic E-state index is -3.67. The molecule has 0 bridgehead atoms. The highest BCUT2D eigenvalue weighted by atomic mass is 32.2. The average molecular weight is 478 g/mol. The van der Waals surface area contributed by atoms with Crippen LogP contribution < -0.4 is 5.32 Å². The summed E-state index contributed by atoms with van der Waals surface area (Å²) in [7, 11) is -3.67. The molecular weight excluding hydrogens is 456 g/mol. The number of nitrogens with zero attached hydrogens (tertiary/aromatic N) is 2. The molecule has 0 aliphatic carbocycles. The summed E-state index contributed by atoms with van der Waals surface area (Å²) in [6.45, 7) is 2.67. The topological polar surface area (TPSA) is 79.4 Å². The number of thiazole rings is 1. The zero-order valence-electron chi connectivity index (χ0n) is 17.3. The monoisotopic (exact) mass is 477 g/mol. The fourth-order valence-corrected chi connectivity index (χ4v) is 5.80. The van der Waals surface area contributed by atoms with E-state index in [2.05, 4.69) is 10.3 Å². The number of aryl methyl sites for hydroxylation is 1. The standard InChI is InChI=1S/C22H21F2N3O3S2/c1-14-5-7-16(32(29,30)27-9-3-2-4-10-27)12-17(14)21(28)26-22-25-20(13-31-22)15-6-8-18(23)19(24)11-15/h5-8,11-13H,2-4,9-10H2,1H3,(H,25,26,28). The molecular formula is C22H21F2N3O3S2. The molecule has 3 aromatic rings. The summed E-state index contributed by atoms with van der Waals surface area (Å²) in [6.07, 6.45) is 2.65. The summed E-state index contributed by atoms with van der Waals surface area (Å²) in [5.74, 6) is -2.43. The number of benzene rings is 2. The molecule has 0 unspecified atom stereocenters. The van der Waals surface area contributed by atoms with Crippen LogP contribution in [0.25, 0.3) is 11.3 Å². The van der Waals surface area contributed by atoms with Gasteiger partial charge in [0, 0.05) is 29.6 Å². The SMILES string of the molecule is Cc1ccc(S(=O)(=O)N2CCCCC2)cc1C(=O)Nc1nc(-c2ccc(F)c(F)c2)cs1. The fraction of sp³-hybridized carbons (Fsp3) is 0.273. The summed E-state index contributed by atoms with van der Waals surface area (Å²) >= 11 is 1.13. The summed E-state index contributed by atoms with van der Waals surface area (Å²) in [6, 6.07) is 7.96. The number of rotatable bonds is 5. The third-order valence-electron chi connectivity index (χ3n) is 5.35. The van der Waals surface area contributed by atoms with Crippen molar-refractivity contribution in [3.63, 3.8) is 0 Å². The molecule has 0 spiro atoms. The Kier molecular flexibility index (Phi) is 6.36. The second kappa shape index (κ2) is 9.05. The summed E-state index contributed by atoms with van der Waals surface area (Å²) in [4.78, 5) is 17.2. The zero-order chi connectivity index (χ0) is 22.9. The lowest BCUT2D eigenvalue weighted by Gasteiger charge is -2.26. The van der Waals surface area contributed by atoms with Crippen LogP contribution in [0.2, 0.25) is 0 Å². The fourth-order valence-electron chi connectivity index (χ4n) is 3.54. The number of sulfonamides is 1. The van der Waals surface area contributed by atoms with Crippen LogP contribution in [0.3, 0.4) is 0 Å². The first-order chi connectivity index (χ1) is 15.3. The number of carbonyl (C=O) groups is 1. The van der Waals surface area contributed by atoms with Gasteiger partial charge in [0.2, 0.25) is 10.0 Å². The molecule has 10 heteroatoms. The third kappa shape index (κ3) is 4.57. The van der Waals surface area contributed by atoms with Gasteiger partial charge in [-0.25, -0.2) is 22.2 Å². The highest BCUT2D eigenvalue weighted by molar-refractivity contribution is 7.89. The maximum Gasteiger partial charge on any atom is 0.257 e. The van der Waals surface area contributed by atoms with E-state index >= 15 is 0 Å². The van der Waals surface area contributed by atoms with Crippen molar-refractivity contribution in [3.8, 4) is 11.3 Å². The first-order valence-electron chi connectivity index (χ1n) is 10.1. The number of amides is 1. The number of halogens is 2. The van der Waals surface area contributed by atoms with Gasteiger partial charge in [-0.05, 0) is 55.7 Å². The number of carbonyl (C=O) groups excluding carboxylic acids is 1. The van der Waals surface area contributed by atoms with Gasteiger partial charge in [-0.1, -0.05) is 12.5 Å². The van der Waals surface area contributed by atoms with Crippen molar-refractivity contribution >= 4 is 32.4 Å². The Hall–Kier alpha value is -2.69. The molecule has 4 rings (SSSR count). The number of piperidine rings is 1. The van der Waals surface area contributed by atoms with E-state index in [4.69, 9.17) is 0 Å². The molecule has 2 aromatic carbocycles. The quantitative estimate of drug-likeness (QED) is 0.571. The lowest BCUT2D eigenvalue weighted by atomic mass is 10.1. The first kappa shape index (κ1) is 22.5. The van der Waals surface area contributed by atoms with E-state index in [9.17, 15) is 22.0 Å². The number of nitrogens with one attached hydrogen (secondary N) is 1. The van der Waals surface area contributed by atoms with Crippen LogP contribution in [0.4, 0.5) is 13.9 Å². The Morgan fingerprint density at radius 1 is 1.06 bits per heavy atom. The maximum absolute atomic E-state index is 13.5. The number of hydrogen-bond donors (Lipinski definition) is 1. The lowest BCUT2D eigenvalue weighted by Crippen LogP contribution is -2.35. The molecule has 0 atom stereocenters. The Bertz CT molecular complexity index is 1270. The van der Waals surface area contributed by atoms with Crippen LogP contribution in [0, 0.1) is 18.6 Å². The molecule has 168 valence electrons. The Morgan fingerprint density at radius 3 is 2.53 bits per heavy atom. The number of aromatic nitrogens is 1. The van der Waals surface area contributed by atoms with Crippen LogP contribution >= 0.6 is 11.3 Å². The van der Waals surface area contributed by atoms with Gasteiger partial charge < -0.3 is 0 Å². The van der Waals surface area contributed by atoms with E-state index in [1.807, 2.05) is 0 Å². The molecule has 1 aliphatic heterocycles. The average Bonchev–Trinajstić information content (AvgIpc) is 3.24. The van der Waals surface area contributed by atoms with E-state index in [1.54, 1.807) is 18.4 Å². The Balaban J connectivity index is 1.55. The van der Waals surface area contributed by atoms with Crippen molar-refractivity contribution in [2.45, 2.75) is 31.1 Å². The number of hydrogen-bond acceptors (Lipinski definition) is 5. The lowest BCUT2D eigenvalue weighted by molar-refractivity contribution is 0.102. The van der Waals surface area contributed by atoms with Crippen molar-refractivity contribution in [2.24, 2.45) is 0 Å². The molecule has 6 nitrogen and oxygen atoms in total. The Morgan fingerprint density at radius 2 is 1.81 bits per heavy atom. The normalized spacial score (nSPS) is 15.0. The molecule has 1 fully saturated rings. The van der Waals surface area contributed by atoms with E-state index in [0.717, 1.165) is 42.7 Å². The van der Waals surface area contributed by atoms with E-state index in [1.165, 1.54) is 22.5 Å². The van der Waals surface area contributed by atoms with Crippen LogP contribution in [0.15, 0.2) is 46.7 Å². The first-order valence-corrected chi connectivity index (χ1v) is 12.4. The van der Waals surface area contributed by atoms with Crippen LogP contribution in [0.5, 0.6) is 0 Å². The van der Waals surface area contributed by atoms with Crippen LogP contribution in [-0.2, 0) is 10.0 Å². The van der Waals surface area contributed by atoms with Gasteiger partial charge in [-0.2, -0.15) is 4.31 Å². The molecule has 1 amide bonds. The zero-order valence-corrected chi connectivity index (χ0v) is 18.9. The molecule has 0 saturated carbocycles. The minimum absolute atomic E-state index is 0.0803. The van der Waals surface area contributed by atoms with Crippen molar-refractivity contribution in [1.29, 1.82) is 0 Å². The maximum atomic E-state index is 13.5. The van der Waals surface area contributed by atoms with Crippen molar-refractivity contribution in [2.75, 3.05) is 18.4 Å². The van der Waals surface area contributed by atoms with Gasteiger partial charge in [0.05, 0.1) is 10.6 Å². The van der Waals surface area contributed by atoms with Gasteiger partial charge in [0.25, 0.3) is 5.91 Å². The van der Waals surface area contributed by atoms with Gasteiger partial charge in [0.1, 0.15) is 0 Å². The second-order valence-electron chi connectivity index (χ2n) is 7.56. The van der Waals surface area contributed by atoms with Gasteiger partial charge in [-0.3, -0.25) is 10.1 Å². The van der Waals surface area contributed by atoms with E-state index in [-0.39, 0.29) is 15.6 Å². The van der Waals surface area contributed by atoms with Crippen molar-refractivity contribution in [3.05, 3.63) is 64.5 Å². The summed E-state index contributed by atoms with van der Waals surface area (Å²) in [5, 5.41) is 4.55. The molecule has 0 radical (unpaired) electrons. The molecule has 2 heterocycles. The van der Waals surface area contributed by atoms with Crippen LogP contribution in [0.1, 0.15) is 35.2 Å². The summed E-state index contributed by atoms with van der Waals surface area (Å²) in [5.41, 5.74) is 1.62. The predicted octanol–water partition coefficient (Wildman–Crippen LogP) is 4.82. The highest BCUT2D eigenvalue weighted by Gasteiger charge is 2.27. The largest absolute Gasteiger partial charge is 0.298 e. The number of anilines is 1. The molecule has 1 N–H and O–H groups in total. The van der Waals surface area contributed by atoms with Crippen LogP contribution in [-0.4, -0.2) is 36.7 Å². The van der Waals surface area contributed by atoms with Crippen molar-refractivity contribution < 1.29 is 22.0 Å². The van der Waals surface area contributed by atoms with E-state index < -0.39 is 27.6 Å². The van der Waals surface area contributed by atoms with Gasteiger partial charge in [0.15, 0.2) is 16.8 Å². The molecule has 1 saturated heterocycles. The second-order valence-corrected chi connectivity index (χ2v) is 10.4.